The molecule has 0 atom stereocenters. The number of ether oxygens (including phenoxy) is 1. The summed E-state index contributed by atoms with van der Waals surface area (Å²) in [7, 11) is 0. The van der Waals surface area contributed by atoms with Crippen molar-refractivity contribution in [3.05, 3.63) is 71.4 Å². The highest BCUT2D eigenvalue weighted by molar-refractivity contribution is 5.81. The second kappa shape index (κ2) is 6.58. The maximum Gasteiger partial charge on any atom is 0.308 e. The van der Waals surface area contributed by atoms with E-state index in [2.05, 4.69) is 4.98 Å². The molecule has 0 aliphatic rings. The summed E-state index contributed by atoms with van der Waals surface area (Å²) in [5.74, 6) is -1.71. The lowest BCUT2D eigenvalue weighted by Crippen LogP contribution is -2.00. The largest absolute Gasteiger partial charge is 0.427 e. The molecule has 1 heterocycles. The maximum atomic E-state index is 13.3. The summed E-state index contributed by atoms with van der Waals surface area (Å²) in [6, 6.07) is 12.6. The molecule has 0 aliphatic heterocycles. The van der Waals surface area contributed by atoms with E-state index in [1.165, 1.54) is 6.92 Å². The minimum Gasteiger partial charge on any atom is -0.427 e. The number of esters is 1. The fourth-order valence-electron chi connectivity index (χ4n) is 2.22. The first kappa shape index (κ1) is 15.8. The third-order valence-electron chi connectivity index (χ3n) is 3.34. The van der Waals surface area contributed by atoms with Crippen molar-refractivity contribution in [2.75, 3.05) is 0 Å². The molecule has 1 aromatic heterocycles. The predicted octanol–water partition coefficient (Wildman–Crippen LogP) is 4.61. The lowest BCUT2D eigenvalue weighted by atomic mass is 10.1. The Morgan fingerprint density at radius 1 is 1.00 bits per heavy atom. The first-order chi connectivity index (χ1) is 11.5. The van der Waals surface area contributed by atoms with E-state index < -0.39 is 11.6 Å². The number of fused-ring (bicyclic) bond motifs is 1. The minimum atomic E-state index is -0.919. The van der Waals surface area contributed by atoms with Crippen molar-refractivity contribution in [1.82, 2.24) is 4.98 Å². The Morgan fingerprint density at radius 3 is 2.42 bits per heavy atom. The summed E-state index contributed by atoms with van der Waals surface area (Å²) in [6.07, 6.45) is 3.59. The van der Waals surface area contributed by atoms with Crippen LogP contribution in [0.15, 0.2) is 48.5 Å². The summed E-state index contributed by atoms with van der Waals surface area (Å²) < 4.78 is 31.4. The van der Waals surface area contributed by atoms with Gasteiger partial charge in [0, 0.05) is 18.4 Å². The standard InChI is InChI=1S/C19H13F2NO2/c1-12(23)24-16-8-3-13(4-9-16)2-6-15-7-5-14-10-17(20)18(21)11-19(14)22-15/h2-11H,1H3. The number of aromatic nitrogens is 1. The molecule has 0 radical (unpaired) electrons. The molecular formula is C19H13F2NO2. The number of nitrogens with zero attached hydrogens (tertiary/aromatic N) is 1. The van der Waals surface area contributed by atoms with Crippen LogP contribution in [-0.2, 0) is 4.79 Å². The first-order valence-electron chi connectivity index (χ1n) is 7.23. The number of carbonyl (C=O) groups excluding carboxylic acids is 1. The van der Waals surface area contributed by atoms with E-state index in [4.69, 9.17) is 4.74 Å². The van der Waals surface area contributed by atoms with Crippen molar-refractivity contribution in [3.8, 4) is 5.75 Å². The van der Waals surface area contributed by atoms with Crippen LogP contribution in [0, 0.1) is 11.6 Å². The Hall–Kier alpha value is -3.08. The van der Waals surface area contributed by atoms with E-state index in [1.807, 2.05) is 6.08 Å². The molecule has 0 N–H and O–H groups in total. The molecule has 0 aliphatic carbocycles. The number of hydrogen-bond acceptors (Lipinski definition) is 3. The molecule has 0 fully saturated rings. The number of rotatable bonds is 3. The molecule has 2 aromatic carbocycles. The summed E-state index contributed by atoms with van der Waals surface area (Å²) in [5.41, 5.74) is 1.90. The SMILES string of the molecule is CC(=O)Oc1ccc(C=Cc2ccc3cc(F)c(F)cc3n2)cc1. The molecule has 5 heteroatoms. The van der Waals surface area contributed by atoms with Gasteiger partial charge in [-0.1, -0.05) is 24.3 Å². The van der Waals surface area contributed by atoms with Gasteiger partial charge in [0.25, 0.3) is 0 Å². The number of halogens is 2. The highest BCUT2D eigenvalue weighted by Crippen LogP contribution is 2.19. The predicted molar refractivity (Wildman–Crippen MR) is 88.3 cm³/mol. The zero-order valence-corrected chi connectivity index (χ0v) is 12.8. The molecule has 0 saturated carbocycles. The van der Waals surface area contributed by atoms with Gasteiger partial charge >= 0.3 is 5.97 Å². The van der Waals surface area contributed by atoms with E-state index in [1.54, 1.807) is 42.5 Å². The van der Waals surface area contributed by atoms with Crippen LogP contribution in [0.3, 0.4) is 0 Å². The Morgan fingerprint density at radius 2 is 1.71 bits per heavy atom. The minimum absolute atomic E-state index is 0.373. The van der Waals surface area contributed by atoms with Gasteiger partial charge in [0.05, 0.1) is 11.2 Å². The second-order valence-electron chi connectivity index (χ2n) is 5.19. The molecule has 3 aromatic rings. The Bertz CT molecular complexity index is 934. The van der Waals surface area contributed by atoms with Gasteiger partial charge in [0.2, 0.25) is 0 Å². The van der Waals surface area contributed by atoms with Crippen molar-refractivity contribution in [2.45, 2.75) is 6.92 Å². The van der Waals surface area contributed by atoms with E-state index >= 15 is 0 Å². The van der Waals surface area contributed by atoms with Crippen LogP contribution in [0.1, 0.15) is 18.2 Å². The average Bonchev–Trinajstić information content (AvgIpc) is 2.55. The third-order valence-corrected chi connectivity index (χ3v) is 3.34. The van der Waals surface area contributed by atoms with Crippen LogP contribution < -0.4 is 4.74 Å². The van der Waals surface area contributed by atoms with Crippen LogP contribution >= 0.6 is 0 Å². The fourth-order valence-corrected chi connectivity index (χ4v) is 2.22. The lowest BCUT2D eigenvalue weighted by Gasteiger charge is -2.02. The number of hydrogen-bond donors (Lipinski definition) is 0. The Kier molecular flexibility index (Phi) is 4.33. The van der Waals surface area contributed by atoms with Crippen molar-refractivity contribution in [2.24, 2.45) is 0 Å². The van der Waals surface area contributed by atoms with E-state index in [0.717, 1.165) is 17.7 Å². The maximum absolute atomic E-state index is 13.3. The zero-order chi connectivity index (χ0) is 17.1. The van der Waals surface area contributed by atoms with Crippen LogP contribution in [0.25, 0.3) is 23.1 Å². The first-order valence-corrected chi connectivity index (χ1v) is 7.23. The summed E-state index contributed by atoms with van der Waals surface area (Å²) >= 11 is 0. The zero-order valence-electron chi connectivity index (χ0n) is 12.8. The molecule has 3 nitrogen and oxygen atoms in total. The number of benzene rings is 2. The van der Waals surface area contributed by atoms with Crippen molar-refractivity contribution >= 4 is 29.0 Å². The molecule has 24 heavy (non-hydrogen) atoms. The van der Waals surface area contributed by atoms with Crippen molar-refractivity contribution in [1.29, 1.82) is 0 Å². The molecule has 3 rings (SSSR count). The molecule has 0 amide bonds. The molecule has 0 spiro atoms. The van der Waals surface area contributed by atoms with Gasteiger partial charge in [-0.05, 0) is 35.9 Å². The number of pyridine rings is 1. The van der Waals surface area contributed by atoms with Crippen molar-refractivity contribution < 1.29 is 18.3 Å². The normalized spacial score (nSPS) is 11.1. The van der Waals surface area contributed by atoms with Crippen LogP contribution in [0.5, 0.6) is 5.75 Å². The molecular weight excluding hydrogens is 312 g/mol. The Balaban J connectivity index is 1.82. The van der Waals surface area contributed by atoms with Crippen LogP contribution in [-0.4, -0.2) is 11.0 Å². The summed E-state index contributed by atoms with van der Waals surface area (Å²) in [4.78, 5) is 15.2. The van der Waals surface area contributed by atoms with Gasteiger partial charge in [-0.2, -0.15) is 0 Å². The van der Waals surface area contributed by atoms with Crippen LogP contribution in [0.4, 0.5) is 8.78 Å². The third kappa shape index (κ3) is 3.63. The fraction of sp³-hybridized carbons (Fsp3) is 0.0526. The highest BCUT2D eigenvalue weighted by Gasteiger charge is 2.05. The van der Waals surface area contributed by atoms with E-state index in [0.29, 0.717) is 22.3 Å². The number of carbonyl (C=O) groups is 1. The van der Waals surface area contributed by atoms with Gasteiger partial charge in [0.15, 0.2) is 11.6 Å². The molecule has 0 saturated heterocycles. The van der Waals surface area contributed by atoms with Gasteiger partial charge in [-0.25, -0.2) is 13.8 Å². The molecule has 120 valence electrons. The van der Waals surface area contributed by atoms with Gasteiger partial charge in [0.1, 0.15) is 5.75 Å². The second-order valence-corrected chi connectivity index (χ2v) is 5.19. The van der Waals surface area contributed by atoms with Crippen LogP contribution in [0.2, 0.25) is 0 Å². The van der Waals surface area contributed by atoms with E-state index in [9.17, 15) is 13.6 Å². The topological polar surface area (TPSA) is 39.2 Å². The Labute approximate surface area is 137 Å². The quantitative estimate of drug-likeness (QED) is 0.521. The summed E-state index contributed by atoms with van der Waals surface area (Å²) in [5, 5.41) is 0.539. The van der Waals surface area contributed by atoms with Gasteiger partial charge in [-0.15, -0.1) is 0 Å². The smallest absolute Gasteiger partial charge is 0.308 e. The van der Waals surface area contributed by atoms with Gasteiger partial charge < -0.3 is 4.74 Å². The molecule has 0 unspecified atom stereocenters. The molecule has 0 bridgehead atoms. The average molecular weight is 325 g/mol. The van der Waals surface area contributed by atoms with Gasteiger partial charge in [-0.3, -0.25) is 4.79 Å². The highest BCUT2D eigenvalue weighted by atomic mass is 19.2. The van der Waals surface area contributed by atoms with Crippen molar-refractivity contribution in [3.63, 3.8) is 0 Å². The summed E-state index contributed by atoms with van der Waals surface area (Å²) in [6.45, 7) is 1.34. The van der Waals surface area contributed by atoms with E-state index in [-0.39, 0.29) is 5.97 Å². The lowest BCUT2D eigenvalue weighted by molar-refractivity contribution is -0.131. The monoisotopic (exact) mass is 325 g/mol.